The predicted octanol–water partition coefficient (Wildman–Crippen LogP) is 1.83. The summed E-state index contributed by atoms with van der Waals surface area (Å²) in [5, 5.41) is 12.5. The quantitative estimate of drug-likeness (QED) is 0.833. The molecule has 0 aromatic carbocycles. The van der Waals surface area contributed by atoms with Gasteiger partial charge in [0.25, 0.3) is 0 Å². The number of nitrogens with one attached hydrogen (secondary N) is 1. The summed E-state index contributed by atoms with van der Waals surface area (Å²) in [6.45, 7) is 9.23. The Kier molecular flexibility index (Phi) is 5.42. The minimum Gasteiger partial charge on any atom is -0.303 e. The van der Waals surface area contributed by atoms with E-state index in [1.165, 1.54) is 51.9 Å². The molecule has 0 amide bonds. The molecular weight excluding hydrogens is 248 g/mol. The Hall–Kier alpha value is -0.630. The summed E-state index contributed by atoms with van der Waals surface area (Å²) in [5.41, 5.74) is -0.400. The molecular formula is C16H30N4. The first-order valence-electron chi connectivity index (χ1n) is 8.16. The molecule has 20 heavy (non-hydrogen) atoms. The normalized spacial score (nSPS) is 29.8. The first-order chi connectivity index (χ1) is 9.58. The largest absolute Gasteiger partial charge is 0.303 e. The van der Waals surface area contributed by atoms with Crippen molar-refractivity contribution in [3.05, 3.63) is 0 Å². The van der Waals surface area contributed by atoms with Crippen LogP contribution in [0.25, 0.3) is 0 Å². The highest BCUT2D eigenvalue weighted by atomic mass is 15.3. The van der Waals surface area contributed by atoms with Gasteiger partial charge in [-0.15, -0.1) is 0 Å². The van der Waals surface area contributed by atoms with Crippen molar-refractivity contribution >= 4 is 0 Å². The van der Waals surface area contributed by atoms with Crippen LogP contribution < -0.4 is 5.32 Å². The summed E-state index contributed by atoms with van der Waals surface area (Å²) < 4.78 is 0. The fraction of sp³-hybridized carbons (Fsp3) is 0.938. The minimum atomic E-state index is -0.400. The van der Waals surface area contributed by atoms with Gasteiger partial charge in [-0.3, -0.25) is 9.80 Å². The van der Waals surface area contributed by atoms with Gasteiger partial charge in [-0.25, -0.2) is 0 Å². The molecule has 0 saturated carbocycles. The molecule has 2 heterocycles. The first-order valence-corrected chi connectivity index (χ1v) is 8.16. The van der Waals surface area contributed by atoms with E-state index >= 15 is 0 Å². The van der Waals surface area contributed by atoms with Crippen LogP contribution in [-0.2, 0) is 0 Å². The van der Waals surface area contributed by atoms with Crippen molar-refractivity contribution in [1.29, 1.82) is 5.26 Å². The van der Waals surface area contributed by atoms with Crippen LogP contribution in [0.3, 0.4) is 0 Å². The van der Waals surface area contributed by atoms with Crippen molar-refractivity contribution < 1.29 is 0 Å². The average Bonchev–Trinajstić information content (AvgIpc) is 2.98. The molecule has 2 aliphatic heterocycles. The number of piperidine rings is 1. The standard InChI is InChI=1S/C16H30N4/c1-14(11-16(2,13-17)18-3)20-10-7-15(12-20)19-8-5-4-6-9-19/h14-15,18H,4-12H2,1-3H3. The zero-order valence-corrected chi connectivity index (χ0v) is 13.4. The number of hydrogen-bond acceptors (Lipinski definition) is 4. The van der Waals surface area contributed by atoms with Gasteiger partial charge in [0, 0.05) is 25.2 Å². The van der Waals surface area contributed by atoms with Crippen LogP contribution in [0.2, 0.25) is 0 Å². The molecule has 0 bridgehead atoms. The van der Waals surface area contributed by atoms with Crippen molar-refractivity contribution in [2.75, 3.05) is 33.2 Å². The Morgan fingerprint density at radius 1 is 1.30 bits per heavy atom. The van der Waals surface area contributed by atoms with E-state index in [1.807, 2.05) is 14.0 Å². The lowest BCUT2D eigenvalue weighted by Gasteiger charge is -2.34. The molecule has 0 aromatic heterocycles. The summed E-state index contributed by atoms with van der Waals surface area (Å²) in [4.78, 5) is 5.27. The maximum Gasteiger partial charge on any atom is 0.105 e. The Morgan fingerprint density at radius 2 is 2.00 bits per heavy atom. The molecule has 0 radical (unpaired) electrons. The number of nitrogens with zero attached hydrogens (tertiary/aromatic N) is 3. The van der Waals surface area contributed by atoms with E-state index in [9.17, 15) is 5.26 Å². The third-order valence-corrected chi connectivity index (χ3v) is 5.23. The van der Waals surface area contributed by atoms with Crippen LogP contribution >= 0.6 is 0 Å². The van der Waals surface area contributed by atoms with Crippen LogP contribution in [-0.4, -0.2) is 60.6 Å². The number of nitriles is 1. The van der Waals surface area contributed by atoms with E-state index in [2.05, 4.69) is 28.1 Å². The number of hydrogen-bond donors (Lipinski definition) is 1. The van der Waals surface area contributed by atoms with E-state index in [4.69, 9.17) is 0 Å². The second kappa shape index (κ2) is 6.89. The summed E-state index contributed by atoms with van der Waals surface area (Å²) >= 11 is 0. The molecule has 0 aliphatic carbocycles. The molecule has 0 spiro atoms. The highest BCUT2D eigenvalue weighted by molar-refractivity contribution is 5.05. The Morgan fingerprint density at radius 3 is 2.60 bits per heavy atom. The molecule has 4 heteroatoms. The van der Waals surface area contributed by atoms with E-state index in [0.29, 0.717) is 6.04 Å². The number of rotatable bonds is 5. The van der Waals surface area contributed by atoms with Gasteiger partial charge in [0.05, 0.1) is 6.07 Å². The Balaban J connectivity index is 1.84. The molecule has 3 unspecified atom stereocenters. The van der Waals surface area contributed by atoms with Gasteiger partial charge < -0.3 is 5.32 Å². The topological polar surface area (TPSA) is 42.3 Å². The van der Waals surface area contributed by atoms with E-state index in [0.717, 1.165) is 12.5 Å². The fourth-order valence-corrected chi connectivity index (χ4v) is 3.67. The molecule has 3 atom stereocenters. The average molecular weight is 278 g/mol. The molecule has 4 nitrogen and oxygen atoms in total. The van der Waals surface area contributed by atoms with Crippen molar-refractivity contribution in [3.8, 4) is 6.07 Å². The summed E-state index contributed by atoms with van der Waals surface area (Å²) in [6, 6.07) is 3.63. The van der Waals surface area contributed by atoms with Crippen molar-refractivity contribution in [2.24, 2.45) is 0 Å². The first kappa shape index (κ1) is 15.8. The van der Waals surface area contributed by atoms with Gasteiger partial charge >= 0.3 is 0 Å². The Bertz CT molecular complexity index is 345. The maximum atomic E-state index is 9.29. The highest BCUT2D eigenvalue weighted by Gasteiger charge is 2.33. The summed E-state index contributed by atoms with van der Waals surface area (Å²) in [7, 11) is 1.89. The highest BCUT2D eigenvalue weighted by Crippen LogP contribution is 2.24. The molecule has 2 aliphatic rings. The SMILES string of the molecule is CNC(C)(C#N)CC(C)N1CCC(N2CCCCC2)C1. The predicted molar refractivity (Wildman–Crippen MR) is 82.6 cm³/mol. The monoisotopic (exact) mass is 278 g/mol. The molecule has 0 aromatic rings. The molecule has 2 rings (SSSR count). The zero-order valence-electron chi connectivity index (χ0n) is 13.4. The van der Waals surface area contributed by atoms with Crippen LogP contribution in [0.1, 0.15) is 46.0 Å². The van der Waals surface area contributed by atoms with Gasteiger partial charge in [-0.05, 0) is 59.7 Å². The lowest BCUT2D eigenvalue weighted by molar-refractivity contribution is 0.148. The fourth-order valence-electron chi connectivity index (χ4n) is 3.67. The lowest BCUT2D eigenvalue weighted by atomic mass is 9.95. The molecule has 114 valence electrons. The molecule has 2 saturated heterocycles. The van der Waals surface area contributed by atoms with Crippen LogP contribution in [0.4, 0.5) is 0 Å². The van der Waals surface area contributed by atoms with Crippen LogP contribution in [0.5, 0.6) is 0 Å². The third-order valence-electron chi connectivity index (χ3n) is 5.23. The lowest BCUT2D eigenvalue weighted by Crippen LogP contribution is -2.46. The maximum absolute atomic E-state index is 9.29. The molecule has 1 N–H and O–H groups in total. The van der Waals surface area contributed by atoms with Gasteiger partial charge in [0.15, 0.2) is 0 Å². The van der Waals surface area contributed by atoms with Gasteiger partial charge in [-0.2, -0.15) is 5.26 Å². The molecule has 2 fully saturated rings. The smallest absolute Gasteiger partial charge is 0.105 e. The van der Waals surface area contributed by atoms with Gasteiger partial charge in [0.1, 0.15) is 5.54 Å². The van der Waals surface area contributed by atoms with E-state index < -0.39 is 5.54 Å². The minimum absolute atomic E-state index is 0.400. The third kappa shape index (κ3) is 3.72. The number of likely N-dealkylation sites (tertiary alicyclic amines) is 2. The Labute approximate surface area is 124 Å². The second-order valence-corrected chi connectivity index (χ2v) is 6.78. The van der Waals surface area contributed by atoms with Crippen molar-refractivity contribution in [3.63, 3.8) is 0 Å². The van der Waals surface area contributed by atoms with E-state index in [1.54, 1.807) is 0 Å². The van der Waals surface area contributed by atoms with Crippen molar-refractivity contribution in [1.82, 2.24) is 15.1 Å². The van der Waals surface area contributed by atoms with E-state index in [-0.39, 0.29) is 0 Å². The zero-order chi connectivity index (χ0) is 14.6. The second-order valence-electron chi connectivity index (χ2n) is 6.78. The van der Waals surface area contributed by atoms with Crippen molar-refractivity contribution in [2.45, 2.75) is 63.6 Å². The summed E-state index contributed by atoms with van der Waals surface area (Å²) in [6.07, 6.45) is 6.35. The summed E-state index contributed by atoms with van der Waals surface area (Å²) in [5.74, 6) is 0. The van der Waals surface area contributed by atoms with Gasteiger partial charge in [-0.1, -0.05) is 6.42 Å². The van der Waals surface area contributed by atoms with Crippen LogP contribution in [0, 0.1) is 11.3 Å². The van der Waals surface area contributed by atoms with Crippen LogP contribution in [0.15, 0.2) is 0 Å². The van der Waals surface area contributed by atoms with Gasteiger partial charge in [0.2, 0.25) is 0 Å².